The number of alkyl halides is 1. The highest BCUT2D eigenvalue weighted by atomic mass is 79.9. The number of rotatable bonds is 6. The third-order valence-electron chi connectivity index (χ3n) is 4.23. The van der Waals surface area contributed by atoms with Gasteiger partial charge in [0.2, 0.25) is 0 Å². The van der Waals surface area contributed by atoms with Crippen LogP contribution in [0.25, 0.3) is 0 Å². The van der Waals surface area contributed by atoms with E-state index in [-0.39, 0.29) is 11.9 Å². The Labute approximate surface area is 140 Å². The summed E-state index contributed by atoms with van der Waals surface area (Å²) in [6, 6.07) is 5.19. The van der Waals surface area contributed by atoms with Crippen molar-refractivity contribution in [3.63, 3.8) is 0 Å². The highest BCUT2D eigenvalue weighted by molar-refractivity contribution is 9.10. The van der Waals surface area contributed by atoms with Gasteiger partial charge in [0.1, 0.15) is 6.67 Å². The van der Waals surface area contributed by atoms with Gasteiger partial charge in [0.15, 0.2) is 0 Å². The maximum absolute atomic E-state index is 12.9. The minimum absolute atomic E-state index is 0.114. The fourth-order valence-electron chi connectivity index (χ4n) is 2.74. The third-order valence-corrected chi connectivity index (χ3v) is 5.00. The van der Waals surface area contributed by atoms with Crippen molar-refractivity contribution in [3.8, 4) is 0 Å². The maximum Gasteiger partial charge on any atom is 0.251 e. The molecule has 1 atom stereocenters. The summed E-state index contributed by atoms with van der Waals surface area (Å²) in [5.74, 6) is 0.237. The van der Waals surface area contributed by atoms with E-state index in [2.05, 4.69) is 40.0 Å². The Morgan fingerprint density at radius 1 is 1.36 bits per heavy atom. The van der Waals surface area contributed by atoms with Crippen molar-refractivity contribution in [1.82, 2.24) is 10.2 Å². The summed E-state index contributed by atoms with van der Waals surface area (Å²) in [4.78, 5) is 14.8. The smallest absolute Gasteiger partial charge is 0.251 e. The summed E-state index contributed by atoms with van der Waals surface area (Å²) < 4.78 is 13.6. The zero-order valence-electron chi connectivity index (χ0n) is 13.2. The average molecular weight is 371 g/mol. The number of carbonyl (C=O) groups is 1. The Hall–Kier alpha value is -0.940. The van der Waals surface area contributed by atoms with Crippen LogP contribution in [0, 0.1) is 5.92 Å². The molecule has 0 spiro atoms. The molecule has 1 amide bonds. The van der Waals surface area contributed by atoms with Gasteiger partial charge in [-0.05, 0) is 55.6 Å². The number of likely N-dealkylation sites (tertiary alicyclic amines) is 1. The normalized spacial score (nSPS) is 17.0. The molecule has 0 bridgehead atoms. The van der Waals surface area contributed by atoms with Gasteiger partial charge in [-0.1, -0.05) is 29.8 Å². The molecule has 0 aliphatic carbocycles. The quantitative estimate of drug-likeness (QED) is 0.826. The Morgan fingerprint density at radius 2 is 2.05 bits per heavy atom. The molecule has 3 nitrogen and oxygen atoms in total. The highest BCUT2D eigenvalue weighted by Crippen LogP contribution is 2.20. The molecule has 122 valence electrons. The topological polar surface area (TPSA) is 32.3 Å². The van der Waals surface area contributed by atoms with Gasteiger partial charge >= 0.3 is 0 Å². The molecule has 1 aromatic carbocycles. The van der Waals surface area contributed by atoms with Crippen molar-refractivity contribution in [2.45, 2.75) is 39.4 Å². The molecule has 0 radical (unpaired) electrons. The van der Waals surface area contributed by atoms with E-state index in [1.807, 2.05) is 0 Å². The molecule has 1 heterocycles. The van der Waals surface area contributed by atoms with Crippen molar-refractivity contribution in [2.24, 2.45) is 5.92 Å². The molecule has 1 aliphatic rings. The van der Waals surface area contributed by atoms with E-state index in [4.69, 9.17) is 0 Å². The number of halogens is 2. The fraction of sp³-hybridized carbons (Fsp3) is 0.588. The molecular weight excluding hydrogens is 347 g/mol. The van der Waals surface area contributed by atoms with E-state index in [1.54, 1.807) is 18.2 Å². The average Bonchev–Trinajstić information content (AvgIpc) is 2.99. The monoisotopic (exact) mass is 370 g/mol. The van der Waals surface area contributed by atoms with E-state index in [1.165, 1.54) is 12.8 Å². The molecule has 1 unspecified atom stereocenters. The molecule has 1 fully saturated rings. The molecule has 1 aromatic rings. The van der Waals surface area contributed by atoms with Gasteiger partial charge in [-0.2, -0.15) is 0 Å². The van der Waals surface area contributed by atoms with Gasteiger partial charge in [-0.3, -0.25) is 4.79 Å². The van der Waals surface area contributed by atoms with Gasteiger partial charge in [0.05, 0.1) is 0 Å². The van der Waals surface area contributed by atoms with Crippen LogP contribution in [-0.4, -0.2) is 36.5 Å². The number of carbonyl (C=O) groups excluding carboxylic acids is 1. The predicted octanol–water partition coefficient (Wildman–Crippen LogP) is 3.77. The zero-order valence-corrected chi connectivity index (χ0v) is 14.8. The summed E-state index contributed by atoms with van der Waals surface area (Å²) in [7, 11) is 0. The largest absolute Gasteiger partial charge is 0.348 e. The molecule has 22 heavy (non-hydrogen) atoms. The number of hydrogen-bond donors (Lipinski definition) is 1. The second-order valence-electron chi connectivity index (χ2n) is 6.27. The molecule has 2 rings (SSSR count). The first-order chi connectivity index (χ1) is 10.5. The van der Waals surface area contributed by atoms with E-state index < -0.39 is 6.67 Å². The first-order valence-electron chi connectivity index (χ1n) is 7.89. The van der Waals surface area contributed by atoms with Crippen LogP contribution in [0.1, 0.15) is 42.6 Å². The lowest BCUT2D eigenvalue weighted by Crippen LogP contribution is -2.46. The van der Waals surface area contributed by atoms with Gasteiger partial charge in [0, 0.05) is 22.6 Å². The lowest BCUT2D eigenvalue weighted by Gasteiger charge is -2.27. The first kappa shape index (κ1) is 17.4. The van der Waals surface area contributed by atoms with Crippen LogP contribution < -0.4 is 5.32 Å². The zero-order chi connectivity index (χ0) is 16.1. The SMILES string of the molecule is CC(C)C(CN1CCCC1)NC(=O)c1ccc(Br)c(CF)c1. The summed E-state index contributed by atoms with van der Waals surface area (Å²) >= 11 is 3.29. The van der Waals surface area contributed by atoms with Crippen molar-refractivity contribution >= 4 is 21.8 Å². The fourth-order valence-corrected chi connectivity index (χ4v) is 3.09. The maximum atomic E-state index is 12.9. The summed E-state index contributed by atoms with van der Waals surface area (Å²) in [5, 5.41) is 3.11. The van der Waals surface area contributed by atoms with Gasteiger partial charge < -0.3 is 10.2 Å². The number of hydrogen-bond acceptors (Lipinski definition) is 2. The van der Waals surface area contributed by atoms with Gasteiger partial charge in [-0.25, -0.2) is 4.39 Å². The minimum atomic E-state index is -0.580. The van der Waals surface area contributed by atoms with Crippen LogP contribution in [0.4, 0.5) is 4.39 Å². The van der Waals surface area contributed by atoms with E-state index >= 15 is 0 Å². The van der Waals surface area contributed by atoms with Crippen LogP contribution in [0.5, 0.6) is 0 Å². The first-order valence-corrected chi connectivity index (χ1v) is 8.68. The lowest BCUT2D eigenvalue weighted by molar-refractivity contribution is 0.0912. The number of amides is 1. The Morgan fingerprint density at radius 3 is 2.64 bits per heavy atom. The van der Waals surface area contributed by atoms with E-state index in [9.17, 15) is 9.18 Å². The standard InChI is InChI=1S/C17H24BrFN2O/c1-12(2)16(11-21-7-3-4-8-21)20-17(22)13-5-6-15(18)14(9-13)10-19/h5-6,9,12,16H,3-4,7-8,10-11H2,1-2H3,(H,20,22). The van der Waals surface area contributed by atoms with Crippen LogP contribution in [0.15, 0.2) is 22.7 Å². The Balaban J connectivity index is 2.03. The molecule has 0 aromatic heterocycles. The van der Waals surface area contributed by atoms with Crippen molar-refractivity contribution in [1.29, 1.82) is 0 Å². The van der Waals surface area contributed by atoms with Crippen LogP contribution >= 0.6 is 15.9 Å². The van der Waals surface area contributed by atoms with Crippen molar-refractivity contribution in [3.05, 3.63) is 33.8 Å². The second kappa shape index (κ2) is 8.06. The number of benzene rings is 1. The molecule has 1 aliphatic heterocycles. The number of nitrogens with one attached hydrogen (secondary N) is 1. The minimum Gasteiger partial charge on any atom is -0.348 e. The van der Waals surface area contributed by atoms with E-state index in [0.717, 1.165) is 19.6 Å². The van der Waals surface area contributed by atoms with Crippen LogP contribution in [0.2, 0.25) is 0 Å². The Kier molecular flexibility index (Phi) is 6.38. The van der Waals surface area contributed by atoms with Crippen molar-refractivity contribution < 1.29 is 9.18 Å². The molecule has 0 saturated carbocycles. The predicted molar refractivity (Wildman–Crippen MR) is 90.7 cm³/mol. The van der Waals surface area contributed by atoms with Gasteiger partial charge in [-0.15, -0.1) is 0 Å². The molecule has 1 N–H and O–H groups in total. The van der Waals surface area contributed by atoms with Crippen LogP contribution in [-0.2, 0) is 6.67 Å². The molecule has 1 saturated heterocycles. The second-order valence-corrected chi connectivity index (χ2v) is 7.13. The molecular formula is C17H24BrFN2O. The number of nitrogens with zero attached hydrogens (tertiary/aromatic N) is 1. The lowest BCUT2D eigenvalue weighted by atomic mass is 10.0. The molecule has 5 heteroatoms. The Bertz CT molecular complexity index is 515. The van der Waals surface area contributed by atoms with Crippen molar-refractivity contribution in [2.75, 3.05) is 19.6 Å². The van der Waals surface area contributed by atoms with Crippen LogP contribution in [0.3, 0.4) is 0 Å². The third kappa shape index (κ3) is 4.53. The summed E-state index contributed by atoms with van der Waals surface area (Å²) in [5.41, 5.74) is 1.02. The summed E-state index contributed by atoms with van der Waals surface area (Å²) in [6.07, 6.45) is 2.48. The summed E-state index contributed by atoms with van der Waals surface area (Å²) in [6.45, 7) is 6.77. The van der Waals surface area contributed by atoms with Gasteiger partial charge in [0.25, 0.3) is 5.91 Å². The van der Waals surface area contributed by atoms with E-state index in [0.29, 0.717) is 21.5 Å². The highest BCUT2D eigenvalue weighted by Gasteiger charge is 2.22.